The summed E-state index contributed by atoms with van der Waals surface area (Å²) in [4.78, 5) is 0. The van der Waals surface area contributed by atoms with Crippen molar-refractivity contribution in [2.75, 3.05) is 0 Å². The molecule has 84 valence electrons. The number of ether oxygens (including phenoxy) is 1. The van der Waals surface area contributed by atoms with E-state index in [1.807, 2.05) is 38.1 Å². The molecule has 1 rings (SSSR count). The average molecular weight is 209 g/mol. The van der Waals surface area contributed by atoms with Gasteiger partial charge in [0.1, 0.15) is 11.9 Å². The lowest BCUT2D eigenvalue weighted by atomic mass is 10.1. The zero-order valence-corrected chi connectivity index (χ0v) is 9.47. The van der Waals surface area contributed by atoms with Gasteiger partial charge in [-0.2, -0.15) is 0 Å². The van der Waals surface area contributed by atoms with Crippen molar-refractivity contribution in [3.8, 4) is 5.75 Å². The van der Waals surface area contributed by atoms with Crippen molar-refractivity contribution in [2.24, 2.45) is 5.73 Å². The third-order valence-corrected chi connectivity index (χ3v) is 2.41. The molecule has 0 aromatic heterocycles. The SMILES string of the molecule is CC(O)C(C)Oc1ccc([C@H](C)N)cc1. The molecular weight excluding hydrogens is 190 g/mol. The van der Waals surface area contributed by atoms with Crippen molar-refractivity contribution in [2.45, 2.75) is 39.0 Å². The largest absolute Gasteiger partial charge is 0.488 e. The highest BCUT2D eigenvalue weighted by atomic mass is 16.5. The number of hydrogen-bond acceptors (Lipinski definition) is 3. The standard InChI is InChI=1S/C12H19NO2/c1-8(13)11-4-6-12(7-5-11)15-10(3)9(2)14/h4-10,14H,13H2,1-3H3/t8-,9?,10?/m0/s1. The second kappa shape index (κ2) is 5.14. The molecule has 1 aromatic rings. The average Bonchev–Trinajstić information content (AvgIpc) is 2.18. The number of rotatable bonds is 4. The van der Waals surface area contributed by atoms with E-state index >= 15 is 0 Å². The highest BCUT2D eigenvalue weighted by molar-refractivity contribution is 5.28. The smallest absolute Gasteiger partial charge is 0.121 e. The normalized spacial score (nSPS) is 16.9. The summed E-state index contributed by atoms with van der Waals surface area (Å²) in [5, 5.41) is 9.28. The molecule has 0 saturated heterocycles. The third kappa shape index (κ3) is 3.53. The molecule has 3 nitrogen and oxygen atoms in total. The summed E-state index contributed by atoms with van der Waals surface area (Å²) in [7, 11) is 0. The van der Waals surface area contributed by atoms with E-state index in [0.717, 1.165) is 11.3 Å². The number of hydrogen-bond donors (Lipinski definition) is 2. The van der Waals surface area contributed by atoms with E-state index in [0.29, 0.717) is 0 Å². The molecule has 3 atom stereocenters. The van der Waals surface area contributed by atoms with E-state index in [1.54, 1.807) is 6.92 Å². The molecule has 0 saturated carbocycles. The van der Waals surface area contributed by atoms with E-state index < -0.39 is 6.10 Å². The second-order valence-corrected chi connectivity index (χ2v) is 3.92. The van der Waals surface area contributed by atoms with Crippen molar-refractivity contribution in [3.05, 3.63) is 29.8 Å². The van der Waals surface area contributed by atoms with Gasteiger partial charge in [-0.15, -0.1) is 0 Å². The van der Waals surface area contributed by atoms with Gasteiger partial charge < -0.3 is 15.6 Å². The summed E-state index contributed by atoms with van der Waals surface area (Å²) >= 11 is 0. The molecule has 0 amide bonds. The van der Waals surface area contributed by atoms with E-state index in [-0.39, 0.29) is 12.1 Å². The summed E-state index contributed by atoms with van der Waals surface area (Å²) in [5.74, 6) is 0.757. The summed E-state index contributed by atoms with van der Waals surface area (Å²) in [6, 6.07) is 7.66. The lowest BCUT2D eigenvalue weighted by Gasteiger charge is -2.17. The Morgan fingerprint density at radius 3 is 2.07 bits per heavy atom. The predicted molar refractivity (Wildman–Crippen MR) is 60.8 cm³/mol. The van der Waals surface area contributed by atoms with Crippen LogP contribution in [0.2, 0.25) is 0 Å². The molecule has 2 unspecified atom stereocenters. The Kier molecular flexibility index (Phi) is 4.12. The second-order valence-electron chi connectivity index (χ2n) is 3.92. The van der Waals surface area contributed by atoms with Crippen LogP contribution in [0, 0.1) is 0 Å². The number of aliphatic hydroxyl groups is 1. The molecule has 0 bridgehead atoms. The first-order valence-electron chi connectivity index (χ1n) is 5.21. The molecule has 0 aliphatic heterocycles. The highest BCUT2D eigenvalue weighted by Gasteiger charge is 2.10. The van der Waals surface area contributed by atoms with Crippen LogP contribution in [0.15, 0.2) is 24.3 Å². The molecule has 0 heterocycles. The van der Waals surface area contributed by atoms with Crippen molar-refractivity contribution < 1.29 is 9.84 Å². The van der Waals surface area contributed by atoms with Gasteiger partial charge in [0.25, 0.3) is 0 Å². The molecule has 15 heavy (non-hydrogen) atoms. The van der Waals surface area contributed by atoms with E-state index in [9.17, 15) is 5.11 Å². The van der Waals surface area contributed by atoms with Crippen LogP contribution in [-0.4, -0.2) is 17.3 Å². The Hall–Kier alpha value is -1.06. The predicted octanol–water partition coefficient (Wildman–Crippen LogP) is 1.85. The number of benzene rings is 1. The monoisotopic (exact) mass is 209 g/mol. The maximum atomic E-state index is 9.28. The zero-order valence-electron chi connectivity index (χ0n) is 9.47. The molecule has 3 N–H and O–H groups in total. The minimum absolute atomic E-state index is 0.0354. The summed E-state index contributed by atoms with van der Waals surface area (Å²) in [5.41, 5.74) is 6.81. The molecular formula is C12H19NO2. The lowest BCUT2D eigenvalue weighted by molar-refractivity contribution is 0.0604. The van der Waals surface area contributed by atoms with Crippen LogP contribution >= 0.6 is 0 Å². The summed E-state index contributed by atoms with van der Waals surface area (Å²) in [6.07, 6.45) is -0.677. The van der Waals surface area contributed by atoms with E-state index in [4.69, 9.17) is 10.5 Å². The Bertz CT molecular complexity index is 293. The van der Waals surface area contributed by atoms with Gasteiger partial charge >= 0.3 is 0 Å². The molecule has 1 aromatic carbocycles. The highest BCUT2D eigenvalue weighted by Crippen LogP contribution is 2.17. The fraction of sp³-hybridized carbons (Fsp3) is 0.500. The van der Waals surface area contributed by atoms with Crippen LogP contribution < -0.4 is 10.5 Å². The van der Waals surface area contributed by atoms with Crippen LogP contribution in [0.25, 0.3) is 0 Å². The van der Waals surface area contributed by atoms with Crippen molar-refractivity contribution in [1.82, 2.24) is 0 Å². The fourth-order valence-corrected chi connectivity index (χ4v) is 1.16. The molecule has 3 heteroatoms. The van der Waals surface area contributed by atoms with Gasteiger partial charge in [-0.05, 0) is 38.5 Å². The number of aliphatic hydroxyl groups excluding tert-OH is 1. The molecule has 0 radical (unpaired) electrons. The molecule has 0 spiro atoms. The van der Waals surface area contributed by atoms with E-state index in [2.05, 4.69) is 0 Å². The maximum absolute atomic E-state index is 9.28. The fourth-order valence-electron chi connectivity index (χ4n) is 1.16. The first kappa shape index (κ1) is 12.0. The van der Waals surface area contributed by atoms with Crippen LogP contribution in [0.1, 0.15) is 32.4 Å². The molecule has 0 fully saturated rings. The Balaban J connectivity index is 2.64. The van der Waals surface area contributed by atoms with Gasteiger partial charge in [0.2, 0.25) is 0 Å². The lowest BCUT2D eigenvalue weighted by Crippen LogP contribution is -2.25. The van der Waals surface area contributed by atoms with Crippen LogP contribution in [0.5, 0.6) is 5.75 Å². The van der Waals surface area contributed by atoms with Gasteiger partial charge in [-0.1, -0.05) is 12.1 Å². The minimum atomic E-state index is -0.474. The van der Waals surface area contributed by atoms with Crippen LogP contribution in [0.4, 0.5) is 0 Å². The van der Waals surface area contributed by atoms with Gasteiger partial charge in [-0.25, -0.2) is 0 Å². The van der Waals surface area contributed by atoms with Gasteiger partial charge in [0, 0.05) is 6.04 Å². The Morgan fingerprint density at radius 2 is 1.67 bits per heavy atom. The van der Waals surface area contributed by atoms with Crippen LogP contribution in [-0.2, 0) is 0 Å². The first-order chi connectivity index (χ1) is 7.00. The van der Waals surface area contributed by atoms with Gasteiger partial charge in [0.05, 0.1) is 6.10 Å². The first-order valence-corrected chi connectivity index (χ1v) is 5.21. The van der Waals surface area contributed by atoms with E-state index in [1.165, 1.54) is 0 Å². The van der Waals surface area contributed by atoms with Crippen LogP contribution in [0.3, 0.4) is 0 Å². The number of nitrogens with two attached hydrogens (primary N) is 1. The Labute approximate surface area is 90.9 Å². The van der Waals surface area contributed by atoms with Crippen molar-refractivity contribution in [3.63, 3.8) is 0 Å². The van der Waals surface area contributed by atoms with Gasteiger partial charge in [-0.3, -0.25) is 0 Å². The zero-order chi connectivity index (χ0) is 11.4. The van der Waals surface area contributed by atoms with Crippen molar-refractivity contribution in [1.29, 1.82) is 0 Å². The third-order valence-electron chi connectivity index (χ3n) is 2.41. The summed E-state index contributed by atoms with van der Waals surface area (Å²) in [6.45, 7) is 5.49. The minimum Gasteiger partial charge on any atom is -0.488 e. The quantitative estimate of drug-likeness (QED) is 0.795. The summed E-state index contributed by atoms with van der Waals surface area (Å²) < 4.78 is 5.52. The maximum Gasteiger partial charge on any atom is 0.121 e. The topological polar surface area (TPSA) is 55.5 Å². The molecule has 0 aliphatic rings. The van der Waals surface area contributed by atoms with Gasteiger partial charge in [0.15, 0.2) is 0 Å². The van der Waals surface area contributed by atoms with Crippen molar-refractivity contribution >= 4 is 0 Å². The Morgan fingerprint density at radius 1 is 1.13 bits per heavy atom. The molecule has 0 aliphatic carbocycles.